The zero-order valence-electron chi connectivity index (χ0n) is 12.8. The summed E-state index contributed by atoms with van der Waals surface area (Å²) in [5.41, 5.74) is -0.179. The summed E-state index contributed by atoms with van der Waals surface area (Å²) in [7, 11) is -3.71. The quantitative estimate of drug-likeness (QED) is 0.558. The molecule has 0 aromatic carbocycles. The minimum Gasteiger partial charge on any atom is -0.475 e. The highest BCUT2D eigenvalue weighted by molar-refractivity contribution is 7.90. The van der Waals surface area contributed by atoms with Gasteiger partial charge >= 0.3 is 0 Å². The highest BCUT2D eigenvalue weighted by atomic mass is 35.5. The van der Waals surface area contributed by atoms with Gasteiger partial charge in [0.25, 0.3) is 0 Å². The van der Waals surface area contributed by atoms with Gasteiger partial charge in [0.2, 0.25) is 20.9 Å². The zero-order chi connectivity index (χ0) is 17.1. The molecule has 0 bridgehead atoms. The number of halogens is 2. The van der Waals surface area contributed by atoms with E-state index in [0.29, 0.717) is 19.0 Å². The van der Waals surface area contributed by atoms with E-state index in [1.807, 2.05) is 4.90 Å². The molecule has 4 heterocycles. The standard InChI is InChI=1S/C14H14ClFN4O3S/c1-24(21,22)14-17-10-8-12(19-14)20-5-3-2-4-7(20)6-23-13(8)18-11(15)9(10)16/h7H,2-6H2,1H3/t7-/m0/s1. The van der Waals surface area contributed by atoms with Gasteiger partial charge in [0.1, 0.15) is 23.3 Å². The number of rotatable bonds is 1. The van der Waals surface area contributed by atoms with Crippen LogP contribution in [-0.2, 0) is 9.84 Å². The van der Waals surface area contributed by atoms with Crippen molar-refractivity contribution in [3.63, 3.8) is 0 Å². The first-order valence-corrected chi connectivity index (χ1v) is 9.79. The molecule has 1 saturated heterocycles. The summed E-state index contributed by atoms with van der Waals surface area (Å²) < 4.78 is 44.1. The van der Waals surface area contributed by atoms with Crippen LogP contribution in [0.2, 0.25) is 5.15 Å². The van der Waals surface area contributed by atoms with E-state index in [2.05, 4.69) is 15.0 Å². The van der Waals surface area contributed by atoms with Gasteiger partial charge in [-0.1, -0.05) is 11.6 Å². The first kappa shape index (κ1) is 15.8. The summed E-state index contributed by atoms with van der Waals surface area (Å²) in [4.78, 5) is 14.0. The van der Waals surface area contributed by atoms with Crippen molar-refractivity contribution in [2.24, 2.45) is 0 Å². The van der Waals surface area contributed by atoms with Crippen LogP contribution in [0.25, 0.3) is 10.9 Å². The Labute approximate surface area is 142 Å². The third kappa shape index (κ3) is 2.37. The Kier molecular flexibility index (Phi) is 3.54. The number of nitrogens with zero attached hydrogens (tertiary/aromatic N) is 4. The number of aromatic nitrogens is 3. The predicted molar refractivity (Wildman–Crippen MR) is 85.9 cm³/mol. The molecule has 0 radical (unpaired) electrons. The average molecular weight is 373 g/mol. The summed E-state index contributed by atoms with van der Waals surface area (Å²) in [6, 6.07) is 0.0281. The Bertz CT molecular complexity index is 953. The molecular formula is C14H14ClFN4O3S. The first-order chi connectivity index (χ1) is 11.4. The van der Waals surface area contributed by atoms with E-state index in [-0.39, 0.29) is 22.8 Å². The molecule has 4 rings (SSSR count). The molecule has 0 N–H and O–H groups in total. The topological polar surface area (TPSA) is 85.3 Å². The lowest BCUT2D eigenvalue weighted by Crippen LogP contribution is -2.43. The van der Waals surface area contributed by atoms with Gasteiger partial charge in [-0.3, -0.25) is 0 Å². The third-order valence-electron chi connectivity index (χ3n) is 4.32. The normalized spacial score (nSPS) is 20.5. The third-order valence-corrected chi connectivity index (χ3v) is 5.41. The van der Waals surface area contributed by atoms with E-state index >= 15 is 0 Å². The molecular weight excluding hydrogens is 359 g/mol. The molecule has 0 saturated carbocycles. The van der Waals surface area contributed by atoms with Crippen LogP contribution in [-0.4, -0.2) is 48.8 Å². The molecule has 0 spiro atoms. The van der Waals surface area contributed by atoms with E-state index in [1.165, 1.54) is 0 Å². The molecule has 128 valence electrons. The molecule has 1 fully saturated rings. The summed E-state index contributed by atoms with van der Waals surface area (Å²) in [6.45, 7) is 1.04. The SMILES string of the molecule is CS(=O)(=O)c1nc2c3c(nc(Cl)c(F)c3n1)OC[C@@H]1CCCCN21. The van der Waals surface area contributed by atoms with Crippen molar-refractivity contribution >= 4 is 38.2 Å². The molecule has 2 aliphatic rings. The van der Waals surface area contributed by atoms with Gasteiger partial charge < -0.3 is 9.64 Å². The fraction of sp³-hybridized carbons (Fsp3) is 0.500. The fourth-order valence-electron chi connectivity index (χ4n) is 3.18. The predicted octanol–water partition coefficient (Wildman–Crippen LogP) is 1.97. The number of fused-ring (bicyclic) bond motifs is 2. The van der Waals surface area contributed by atoms with Crippen LogP contribution in [0.15, 0.2) is 5.16 Å². The second-order valence-corrected chi connectivity index (χ2v) is 8.27. The van der Waals surface area contributed by atoms with Crippen LogP contribution in [0.5, 0.6) is 5.88 Å². The van der Waals surface area contributed by atoms with E-state index in [0.717, 1.165) is 25.5 Å². The minimum absolute atomic E-state index is 0.0281. The molecule has 2 aliphatic heterocycles. The molecule has 2 aromatic rings. The Morgan fingerprint density at radius 3 is 2.83 bits per heavy atom. The van der Waals surface area contributed by atoms with Gasteiger partial charge in [-0.15, -0.1) is 0 Å². The highest BCUT2D eigenvalue weighted by Crippen LogP contribution is 2.40. The number of hydrogen-bond acceptors (Lipinski definition) is 7. The molecule has 2 aromatic heterocycles. The Morgan fingerprint density at radius 1 is 1.29 bits per heavy atom. The minimum atomic E-state index is -3.71. The van der Waals surface area contributed by atoms with E-state index in [9.17, 15) is 12.8 Å². The second kappa shape index (κ2) is 5.38. The maximum absolute atomic E-state index is 14.5. The van der Waals surface area contributed by atoms with Crippen LogP contribution < -0.4 is 9.64 Å². The largest absolute Gasteiger partial charge is 0.475 e. The van der Waals surface area contributed by atoms with Crippen molar-refractivity contribution in [3.8, 4) is 5.88 Å². The van der Waals surface area contributed by atoms with E-state index in [4.69, 9.17) is 16.3 Å². The number of ether oxygens (including phenoxy) is 1. The molecule has 10 heteroatoms. The van der Waals surface area contributed by atoms with Gasteiger partial charge in [0, 0.05) is 12.8 Å². The van der Waals surface area contributed by atoms with Gasteiger partial charge in [-0.2, -0.15) is 4.98 Å². The lowest BCUT2D eigenvalue weighted by Gasteiger charge is -2.34. The first-order valence-electron chi connectivity index (χ1n) is 7.52. The van der Waals surface area contributed by atoms with Gasteiger partial charge in [-0.05, 0) is 19.3 Å². The van der Waals surface area contributed by atoms with Gasteiger partial charge in [-0.25, -0.2) is 22.8 Å². The van der Waals surface area contributed by atoms with Crippen LogP contribution >= 0.6 is 11.6 Å². The van der Waals surface area contributed by atoms with Crippen LogP contribution in [0.4, 0.5) is 10.2 Å². The summed E-state index contributed by atoms with van der Waals surface area (Å²) in [5, 5.41) is -0.557. The van der Waals surface area contributed by atoms with E-state index < -0.39 is 26.0 Å². The van der Waals surface area contributed by atoms with Crippen molar-refractivity contribution in [1.29, 1.82) is 0 Å². The van der Waals surface area contributed by atoms with Crippen LogP contribution in [0.3, 0.4) is 0 Å². The van der Waals surface area contributed by atoms with Gasteiger partial charge in [0.15, 0.2) is 11.0 Å². The average Bonchev–Trinajstić information content (AvgIpc) is 2.70. The molecule has 0 unspecified atom stereocenters. The van der Waals surface area contributed by atoms with Crippen molar-refractivity contribution in [2.45, 2.75) is 30.5 Å². The lowest BCUT2D eigenvalue weighted by molar-refractivity contribution is 0.259. The molecule has 0 amide bonds. The van der Waals surface area contributed by atoms with Crippen LogP contribution in [0.1, 0.15) is 19.3 Å². The molecule has 0 aliphatic carbocycles. The fourth-order valence-corrected chi connectivity index (χ4v) is 3.86. The smallest absolute Gasteiger partial charge is 0.249 e. The number of hydrogen-bond donors (Lipinski definition) is 0. The van der Waals surface area contributed by atoms with Crippen molar-refractivity contribution in [2.75, 3.05) is 24.3 Å². The zero-order valence-corrected chi connectivity index (χ0v) is 14.4. The van der Waals surface area contributed by atoms with Crippen molar-refractivity contribution in [1.82, 2.24) is 15.0 Å². The number of pyridine rings is 1. The van der Waals surface area contributed by atoms with Crippen LogP contribution in [0, 0.1) is 5.82 Å². The molecule has 7 nitrogen and oxygen atoms in total. The van der Waals surface area contributed by atoms with E-state index in [1.54, 1.807) is 0 Å². The Balaban J connectivity index is 2.10. The molecule has 24 heavy (non-hydrogen) atoms. The Morgan fingerprint density at radius 2 is 2.08 bits per heavy atom. The lowest BCUT2D eigenvalue weighted by atomic mass is 10.0. The number of anilines is 1. The monoisotopic (exact) mass is 372 g/mol. The maximum atomic E-state index is 14.5. The van der Waals surface area contributed by atoms with Gasteiger partial charge in [0.05, 0.1) is 6.04 Å². The Hall–Kier alpha value is -1.74. The maximum Gasteiger partial charge on any atom is 0.249 e. The summed E-state index contributed by atoms with van der Waals surface area (Å²) in [6.07, 6.45) is 3.85. The summed E-state index contributed by atoms with van der Waals surface area (Å²) in [5.74, 6) is -0.385. The van der Waals surface area contributed by atoms with Crippen molar-refractivity contribution in [3.05, 3.63) is 11.0 Å². The number of sulfone groups is 1. The highest BCUT2D eigenvalue weighted by Gasteiger charge is 2.33. The molecule has 1 atom stereocenters. The second-order valence-electron chi connectivity index (χ2n) is 6.00. The summed E-state index contributed by atoms with van der Waals surface area (Å²) >= 11 is 5.83. The number of piperidine rings is 1. The van der Waals surface area contributed by atoms with Crippen molar-refractivity contribution < 1.29 is 17.5 Å².